The predicted molar refractivity (Wildman–Crippen MR) is 101 cm³/mol. The molecule has 2 N–H and O–H groups in total. The van der Waals surface area contributed by atoms with Crippen LogP contribution in [0.5, 0.6) is 0 Å². The summed E-state index contributed by atoms with van der Waals surface area (Å²) in [5.74, 6) is 0.473. The molecule has 26 heavy (non-hydrogen) atoms. The third-order valence-corrected chi connectivity index (χ3v) is 5.67. The Morgan fingerprint density at radius 2 is 2.00 bits per heavy atom. The fourth-order valence-corrected chi connectivity index (χ4v) is 4.25. The summed E-state index contributed by atoms with van der Waals surface area (Å²) >= 11 is 0. The molecule has 1 saturated heterocycles. The Bertz CT molecular complexity index is 508. The van der Waals surface area contributed by atoms with E-state index < -0.39 is 6.04 Å². The molecule has 1 aliphatic heterocycles. The van der Waals surface area contributed by atoms with Crippen LogP contribution in [0.25, 0.3) is 0 Å². The Morgan fingerprint density at radius 1 is 1.27 bits per heavy atom. The van der Waals surface area contributed by atoms with Crippen molar-refractivity contribution in [1.29, 1.82) is 5.26 Å². The Labute approximate surface area is 157 Å². The van der Waals surface area contributed by atoms with Gasteiger partial charge in [-0.15, -0.1) is 0 Å². The van der Waals surface area contributed by atoms with Crippen LogP contribution in [0.2, 0.25) is 0 Å². The minimum Gasteiger partial charge on any atom is -0.356 e. The van der Waals surface area contributed by atoms with E-state index in [1.165, 1.54) is 32.1 Å². The number of nitriles is 1. The summed E-state index contributed by atoms with van der Waals surface area (Å²) < 4.78 is 0. The van der Waals surface area contributed by atoms with Gasteiger partial charge in [-0.05, 0) is 58.4 Å². The largest absolute Gasteiger partial charge is 0.356 e. The zero-order valence-corrected chi connectivity index (χ0v) is 16.3. The summed E-state index contributed by atoms with van der Waals surface area (Å²) in [6.07, 6.45) is 8.55. The molecule has 2 rings (SSSR count). The molecular weight excluding hydrogens is 328 g/mol. The highest BCUT2D eigenvalue weighted by Gasteiger charge is 2.32. The van der Waals surface area contributed by atoms with Gasteiger partial charge in [0, 0.05) is 18.5 Å². The van der Waals surface area contributed by atoms with Gasteiger partial charge in [-0.1, -0.05) is 19.3 Å². The second-order valence-electron chi connectivity index (χ2n) is 8.04. The van der Waals surface area contributed by atoms with Crippen molar-refractivity contribution < 1.29 is 9.59 Å². The van der Waals surface area contributed by atoms with Crippen LogP contribution >= 0.6 is 0 Å². The third kappa shape index (κ3) is 5.98. The Morgan fingerprint density at radius 3 is 2.62 bits per heavy atom. The molecule has 146 valence electrons. The van der Waals surface area contributed by atoms with E-state index in [4.69, 9.17) is 0 Å². The van der Waals surface area contributed by atoms with Crippen LogP contribution in [0.4, 0.5) is 0 Å². The molecule has 0 spiro atoms. The molecule has 0 radical (unpaired) electrons. The maximum Gasteiger partial charge on any atom is 0.237 e. The van der Waals surface area contributed by atoms with Gasteiger partial charge in [-0.3, -0.25) is 9.59 Å². The number of nitrogens with one attached hydrogen (secondary N) is 2. The molecule has 1 heterocycles. The average Bonchev–Trinajstić information content (AvgIpc) is 2.63. The number of rotatable bonds is 8. The summed E-state index contributed by atoms with van der Waals surface area (Å²) in [4.78, 5) is 26.4. The van der Waals surface area contributed by atoms with Crippen LogP contribution < -0.4 is 10.6 Å². The molecule has 6 heteroatoms. The van der Waals surface area contributed by atoms with Gasteiger partial charge >= 0.3 is 0 Å². The monoisotopic (exact) mass is 362 g/mol. The summed E-state index contributed by atoms with van der Waals surface area (Å²) in [7, 11) is 0. The average molecular weight is 363 g/mol. The van der Waals surface area contributed by atoms with Gasteiger partial charge in [0.15, 0.2) is 0 Å². The van der Waals surface area contributed by atoms with Crippen LogP contribution in [0.3, 0.4) is 0 Å². The first-order valence-electron chi connectivity index (χ1n) is 10.2. The maximum atomic E-state index is 12.8. The number of amides is 2. The van der Waals surface area contributed by atoms with Crippen molar-refractivity contribution in [2.45, 2.75) is 77.3 Å². The van der Waals surface area contributed by atoms with Crippen LogP contribution in [-0.4, -0.2) is 48.4 Å². The number of nitrogens with zero attached hydrogens (tertiary/aromatic N) is 2. The summed E-state index contributed by atoms with van der Waals surface area (Å²) in [5.41, 5.74) is 0. The van der Waals surface area contributed by atoms with Gasteiger partial charge in [0.1, 0.15) is 6.04 Å². The quantitative estimate of drug-likeness (QED) is 0.693. The van der Waals surface area contributed by atoms with Gasteiger partial charge in [0.05, 0.1) is 12.6 Å². The van der Waals surface area contributed by atoms with E-state index in [1.807, 2.05) is 13.8 Å². The second kappa shape index (κ2) is 10.5. The molecule has 2 fully saturated rings. The van der Waals surface area contributed by atoms with Gasteiger partial charge in [-0.25, -0.2) is 0 Å². The highest BCUT2D eigenvalue weighted by Crippen LogP contribution is 2.23. The number of hydrogen-bond acceptors (Lipinski definition) is 4. The molecule has 0 bridgehead atoms. The lowest BCUT2D eigenvalue weighted by Crippen LogP contribution is -2.50. The molecule has 0 aromatic rings. The predicted octanol–water partition coefficient (Wildman–Crippen LogP) is 2.20. The lowest BCUT2D eigenvalue weighted by molar-refractivity contribution is -0.135. The maximum absolute atomic E-state index is 12.8. The first kappa shape index (κ1) is 20.7. The molecular formula is C20H34N4O2. The number of hydrogen-bond donors (Lipinski definition) is 2. The van der Waals surface area contributed by atoms with Crippen LogP contribution in [0, 0.1) is 23.2 Å². The second-order valence-corrected chi connectivity index (χ2v) is 8.04. The smallest absolute Gasteiger partial charge is 0.237 e. The molecule has 0 aromatic carbocycles. The van der Waals surface area contributed by atoms with Crippen molar-refractivity contribution in [3.63, 3.8) is 0 Å². The van der Waals surface area contributed by atoms with Crippen LogP contribution in [0.15, 0.2) is 0 Å². The third-order valence-electron chi connectivity index (χ3n) is 5.67. The van der Waals surface area contributed by atoms with E-state index in [-0.39, 0.29) is 30.3 Å². The van der Waals surface area contributed by atoms with E-state index in [0.29, 0.717) is 18.9 Å². The Balaban J connectivity index is 1.88. The van der Waals surface area contributed by atoms with Crippen molar-refractivity contribution in [2.75, 3.05) is 19.6 Å². The normalized spacial score (nSPS) is 22.5. The molecule has 1 saturated carbocycles. The van der Waals surface area contributed by atoms with E-state index in [0.717, 1.165) is 19.4 Å². The Hall–Kier alpha value is -1.61. The standard InChI is InChI=1S/C20H34N4O2/c1-15(2)24(18(12-21)11-17-9-6-10-23-20(17)26)19(25)14-22-13-16-7-4-3-5-8-16/h15-18,22H,3-11,13-14H2,1-2H3,(H,23,26). The lowest BCUT2D eigenvalue weighted by Gasteiger charge is -2.34. The Kier molecular flexibility index (Phi) is 8.37. The fraction of sp³-hybridized carbons (Fsp3) is 0.850. The van der Waals surface area contributed by atoms with Crippen molar-refractivity contribution in [3.05, 3.63) is 0 Å². The molecule has 0 aromatic heterocycles. The van der Waals surface area contributed by atoms with E-state index in [1.54, 1.807) is 4.90 Å². The topological polar surface area (TPSA) is 85.2 Å². The highest BCUT2D eigenvalue weighted by molar-refractivity contribution is 5.81. The highest BCUT2D eigenvalue weighted by atomic mass is 16.2. The molecule has 2 unspecified atom stereocenters. The summed E-state index contributed by atoms with van der Waals surface area (Å²) in [6.45, 7) is 5.72. The van der Waals surface area contributed by atoms with Crippen molar-refractivity contribution in [3.8, 4) is 6.07 Å². The number of piperidine rings is 1. The number of carbonyl (C=O) groups excluding carboxylic acids is 2. The molecule has 2 amide bonds. The molecule has 1 aliphatic carbocycles. The van der Waals surface area contributed by atoms with Crippen LogP contribution in [0.1, 0.15) is 65.2 Å². The lowest BCUT2D eigenvalue weighted by atomic mass is 9.89. The summed E-state index contributed by atoms with van der Waals surface area (Å²) in [6, 6.07) is 1.66. The van der Waals surface area contributed by atoms with Gasteiger partial charge in [0.2, 0.25) is 11.8 Å². The van der Waals surface area contributed by atoms with Crippen LogP contribution in [-0.2, 0) is 9.59 Å². The van der Waals surface area contributed by atoms with E-state index >= 15 is 0 Å². The van der Waals surface area contributed by atoms with Gasteiger partial charge < -0.3 is 15.5 Å². The first-order valence-corrected chi connectivity index (χ1v) is 10.2. The summed E-state index contributed by atoms with van der Waals surface area (Å²) in [5, 5.41) is 15.8. The minimum absolute atomic E-state index is 0.0167. The molecule has 2 atom stereocenters. The first-order chi connectivity index (χ1) is 12.5. The van der Waals surface area contributed by atoms with Crippen molar-refractivity contribution in [2.24, 2.45) is 11.8 Å². The van der Waals surface area contributed by atoms with Crippen molar-refractivity contribution >= 4 is 11.8 Å². The van der Waals surface area contributed by atoms with Gasteiger partial charge in [-0.2, -0.15) is 5.26 Å². The minimum atomic E-state index is -0.548. The molecule has 6 nitrogen and oxygen atoms in total. The fourth-order valence-electron chi connectivity index (χ4n) is 4.25. The van der Waals surface area contributed by atoms with E-state index in [9.17, 15) is 14.9 Å². The SMILES string of the molecule is CC(C)N(C(=O)CNCC1CCCCC1)C(C#N)CC1CCCNC1=O. The van der Waals surface area contributed by atoms with E-state index in [2.05, 4.69) is 16.7 Å². The van der Waals surface area contributed by atoms with Crippen molar-refractivity contribution in [1.82, 2.24) is 15.5 Å². The van der Waals surface area contributed by atoms with Gasteiger partial charge in [0.25, 0.3) is 0 Å². The zero-order valence-electron chi connectivity index (χ0n) is 16.3. The molecule has 2 aliphatic rings. The number of carbonyl (C=O) groups is 2. The zero-order chi connectivity index (χ0) is 18.9.